The zero-order valence-corrected chi connectivity index (χ0v) is 7.83. The summed E-state index contributed by atoms with van der Waals surface area (Å²) in [5, 5.41) is 17.3. The van der Waals surface area contributed by atoms with Crippen LogP contribution in [0.4, 0.5) is 0 Å². The summed E-state index contributed by atoms with van der Waals surface area (Å²) >= 11 is 0. The second kappa shape index (κ2) is 8.97. The molecule has 0 saturated carbocycles. The van der Waals surface area contributed by atoms with E-state index in [-0.39, 0.29) is 6.10 Å². The largest absolute Gasteiger partial charge is 0.393 e. The van der Waals surface area contributed by atoms with Gasteiger partial charge in [-0.05, 0) is 19.3 Å². The fourth-order valence-electron chi connectivity index (χ4n) is 1.20. The summed E-state index contributed by atoms with van der Waals surface area (Å²) in [5.41, 5.74) is 0. The summed E-state index contributed by atoms with van der Waals surface area (Å²) < 4.78 is 0. The van der Waals surface area contributed by atoms with Crippen molar-refractivity contribution in [2.24, 2.45) is 0 Å². The Hall–Kier alpha value is -0.120. The summed E-state index contributed by atoms with van der Waals surface area (Å²) in [6.45, 7) is 2.48. The van der Waals surface area contributed by atoms with Crippen LogP contribution in [-0.4, -0.2) is 23.1 Å². The molecule has 0 aliphatic rings. The first-order chi connectivity index (χ1) is 5.81. The van der Waals surface area contributed by atoms with Gasteiger partial charge < -0.3 is 5.11 Å². The van der Waals surface area contributed by atoms with E-state index in [2.05, 4.69) is 11.8 Å². The fraction of sp³-hybridized carbons (Fsp3) is 1.00. The van der Waals surface area contributed by atoms with E-state index in [4.69, 9.17) is 5.26 Å². The average Bonchev–Trinajstić information content (AvgIpc) is 2.05. The molecule has 1 atom stereocenters. The van der Waals surface area contributed by atoms with Crippen LogP contribution >= 0.6 is 0 Å². The molecule has 74 valence electrons. The SMILES string of the molecule is CCCC(O)CCCCCOO. The van der Waals surface area contributed by atoms with E-state index in [1.807, 2.05) is 0 Å². The molecule has 0 aromatic carbocycles. The highest BCUT2D eigenvalue weighted by Gasteiger charge is 2.01. The Morgan fingerprint density at radius 1 is 1.17 bits per heavy atom. The van der Waals surface area contributed by atoms with E-state index >= 15 is 0 Å². The number of unbranched alkanes of at least 4 members (excludes halogenated alkanes) is 2. The van der Waals surface area contributed by atoms with Crippen LogP contribution in [0.25, 0.3) is 0 Å². The molecule has 0 aliphatic carbocycles. The predicted molar refractivity (Wildman–Crippen MR) is 48.0 cm³/mol. The van der Waals surface area contributed by atoms with Crippen LogP contribution < -0.4 is 0 Å². The fourth-order valence-corrected chi connectivity index (χ4v) is 1.20. The van der Waals surface area contributed by atoms with E-state index in [9.17, 15) is 5.11 Å². The van der Waals surface area contributed by atoms with Gasteiger partial charge in [-0.1, -0.05) is 26.2 Å². The van der Waals surface area contributed by atoms with Crippen molar-refractivity contribution in [1.82, 2.24) is 0 Å². The zero-order valence-electron chi connectivity index (χ0n) is 7.83. The Bertz CT molecular complexity index is 85.8. The molecule has 0 aromatic heterocycles. The van der Waals surface area contributed by atoms with Crippen molar-refractivity contribution in [2.75, 3.05) is 6.61 Å². The first kappa shape index (κ1) is 11.9. The van der Waals surface area contributed by atoms with Gasteiger partial charge in [0.25, 0.3) is 0 Å². The smallest absolute Gasteiger partial charge is 0.0819 e. The molecule has 1 unspecified atom stereocenters. The number of hydrogen-bond acceptors (Lipinski definition) is 3. The molecular weight excluding hydrogens is 156 g/mol. The van der Waals surface area contributed by atoms with Crippen molar-refractivity contribution >= 4 is 0 Å². The van der Waals surface area contributed by atoms with Crippen molar-refractivity contribution < 1.29 is 15.3 Å². The second-order valence-corrected chi connectivity index (χ2v) is 3.13. The van der Waals surface area contributed by atoms with Gasteiger partial charge in [0.2, 0.25) is 0 Å². The molecule has 0 bridgehead atoms. The summed E-state index contributed by atoms with van der Waals surface area (Å²) in [6, 6.07) is 0. The lowest BCUT2D eigenvalue weighted by atomic mass is 10.1. The van der Waals surface area contributed by atoms with Gasteiger partial charge in [0.1, 0.15) is 0 Å². The Morgan fingerprint density at radius 2 is 1.92 bits per heavy atom. The molecule has 0 radical (unpaired) electrons. The summed E-state index contributed by atoms with van der Waals surface area (Å²) in [7, 11) is 0. The third-order valence-corrected chi connectivity index (χ3v) is 1.89. The van der Waals surface area contributed by atoms with E-state index < -0.39 is 0 Å². The van der Waals surface area contributed by atoms with Gasteiger partial charge in [-0.3, -0.25) is 5.26 Å². The minimum Gasteiger partial charge on any atom is -0.393 e. The molecule has 0 fully saturated rings. The highest BCUT2D eigenvalue weighted by Crippen LogP contribution is 2.07. The lowest BCUT2D eigenvalue weighted by molar-refractivity contribution is -0.242. The number of rotatable bonds is 8. The van der Waals surface area contributed by atoms with E-state index in [0.717, 1.165) is 38.5 Å². The van der Waals surface area contributed by atoms with Gasteiger partial charge in [0, 0.05) is 0 Å². The minimum absolute atomic E-state index is 0.134. The maximum absolute atomic E-state index is 9.33. The standard InChI is InChI=1S/C9H20O3/c1-2-6-9(10)7-4-3-5-8-12-11/h9-11H,2-8H2,1H3. The maximum Gasteiger partial charge on any atom is 0.0819 e. The minimum atomic E-state index is -0.134. The van der Waals surface area contributed by atoms with Crippen molar-refractivity contribution in [2.45, 2.75) is 51.6 Å². The summed E-state index contributed by atoms with van der Waals surface area (Å²) in [5.74, 6) is 0. The number of hydrogen-bond donors (Lipinski definition) is 2. The predicted octanol–water partition coefficient (Wildman–Crippen LogP) is 2.20. The molecule has 3 nitrogen and oxygen atoms in total. The third-order valence-electron chi connectivity index (χ3n) is 1.89. The molecule has 0 rings (SSSR count). The molecule has 0 amide bonds. The van der Waals surface area contributed by atoms with Crippen LogP contribution in [0.3, 0.4) is 0 Å². The topological polar surface area (TPSA) is 49.7 Å². The number of aliphatic hydroxyl groups excluding tert-OH is 1. The van der Waals surface area contributed by atoms with Gasteiger partial charge in [-0.15, -0.1) is 0 Å². The van der Waals surface area contributed by atoms with E-state index in [0.29, 0.717) is 6.61 Å². The molecule has 12 heavy (non-hydrogen) atoms. The first-order valence-electron chi connectivity index (χ1n) is 4.75. The second-order valence-electron chi connectivity index (χ2n) is 3.13. The summed E-state index contributed by atoms with van der Waals surface area (Å²) in [6.07, 6.45) is 5.59. The normalized spacial score (nSPS) is 13.2. The highest BCUT2D eigenvalue weighted by atomic mass is 17.1. The Morgan fingerprint density at radius 3 is 2.50 bits per heavy atom. The van der Waals surface area contributed by atoms with Crippen LogP contribution in [-0.2, 0) is 4.89 Å². The molecule has 3 heteroatoms. The Balaban J connectivity index is 2.97. The van der Waals surface area contributed by atoms with Crippen LogP contribution in [0.15, 0.2) is 0 Å². The molecule has 0 aromatic rings. The maximum atomic E-state index is 9.33. The lowest BCUT2D eigenvalue weighted by Crippen LogP contribution is -2.05. The average molecular weight is 176 g/mol. The molecular formula is C9H20O3. The van der Waals surface area contributed by atoms with E-state index in [1.165, 1.54) is 0 Å². The zero-order chi connectivity index (χ0) is 9.23. The highest BCUT2D eigenvalue weighted by molar-refractivity contribution is 4.54. The van der Waals surface area contributed by atoms with Gasteiger partial charge in [0.05, 0.1) is 12.7 Å². The van der Waals surface area contributed by atoms with Crippen molar-refractivity contribution in [3.8, 4) is 0 Å². The molecule has 0 heterocycles. The number of aliphatic hydroxyl groups is 1. The monoisotopic (exact) mass is 176 g/mol. The quantitative estimate of drug-likeness (QED) is 0.338. The van der Waals surface area contributed by atoms with Crippen molar-refractivity contribution in [3.63, 3.8) is 0 Å². The molecule has 0 aliphatic heterocycles. The van der Waals surface area contributed by atoms with Gasteiger partial charge in [-0.2, -0.15) is 0 Å². The lowest BCUT2D eigenvalue weighted by Gasteiger charge is -2.07. The Labute approximate surface area is 74.3 Å². The summed E-state index contributed by atoms with van der Waals surface area (Å²) in [4.78, 5) is 3.93. The molecule has 2 N–H and O–H groups in total. The Kier molecular flexibility index (Phi) is 8.88. The van der Waals surface area contributed by atoms with Crippen LogP contribution in [0.2, 0.25) is 0 Å². The first-order valence-corrected chi connectivity index (χ1v) is 4.75. The molecule has 0 spiro atoms. The van der Waals surface area contributed by atoms with Gasteiger partial charge in [0.15, 0.2) is 0 Å². The molecule has 0 saturated heterocycles. The van der Waals surface area contributed by atoms with Gasteiger partial charge >= 0.3 is 0 Å². The van der Waals surface area contributed by atoms with E-state index in [1.54, 1.807) is 0 Å². The van der Waals surface area contributed by atoms with Crippen LogP contribution in [0, 0.1) is 0 Å². The van der Waals surface area contributed by atoms with Crippen molar-refractivity contribution in [3.05, 3.63) is 0 Å². The van der Waals surface area contributed by atoms with Crippen LogP contribution in [0.1, 0.15) is 45.4 Å². The third kappa shape index (κ3) is 7.98. The van der Waals surface area contributed by atoms with Crippen LogP contribution in [0.5, 0.6) is 0 Å². The van der Waals surface area contributed by atoms with Crippen molar-refractivity contribution in [1.29, 1.82) is 0 Å². The van der Waals surface area contributed by atoms with Gasteiger partial charge in [-0.25, -0.2) is 4.89 Å².